The maximum Gasteiger partial charge on any atom is 0.233 e. The van der Waals surface area contributed by atoms with Crippen LogP contribution in [-0.4, -0.2) is 29.9 Å². The van der Waals surface area contributed by atoms with Gasteiger partial charge in [0.1, 0.15) is 0 Å². The van der Waals surface area contributed by atoms with Crippen molar-refractivity contribution in [1.29, 1.82) is 0 Å². The summed E-state index contributed by atoms with van der Waals surface area (Å²) in [5.41, 5.74) is 2.36. The molecule has 1 aliphatic rings. The minimum atomic E-state index is -0.180. The van der Waals surface area contributed by atoms with Gasteiger partial charge < -0.3 is 9.80 Å². The number of carbonyl (C=O) groups excluding carboxylic acids is 2. The number of thiazole rings is 1. The first-order valence-corrected chi connectivity index (χ1v) is 9.00. The molecular formula is C18H21N3O2S. The highest BCUT2D eigenvalue weighted by atomic mass is 32.1. The van der Waals surface area contributed by atoms with Gasteiger partial charge in [-0.2, -0.15) is 0 Å². The molecule has 2 heterocycles. The number of hydrogen-bond donors (Lipinski definition) is 0. The summed E-state index contributed by atoms with van der Waals surface area (Å²) in [5, 5.41) is 2.99. The number of amides is 2. The van der Waals surface area contributed by atoms with E-state index < -0.39 is 0 Å². The van der Waals surface area contributed by atoms with Crippen molar-refractivity contribution in [3.63, 3.8) is 0 Å². The van der Waals surface area contributed by atoms with Gasteiger partial charge in [0, 0.05) is 24.9 Å². The highest BCUT2D eigenvalue weighted by molar-refractivity contribution is 7.09. The van der Waals surface area contributed by atoms with Crippen LogP contribution in [0.4, 0.5) is 11.4 Å². The van der Waals surface area contributed by atoms with Gasteiger partial charge in [-0.25, -0.2) is 4.98 Å². The molecule has 6 heteroatoms. The molecule has 0 N–H and O–H groups in total. The first-order chi connectivity index (χ1) is 11.5. The van der Waals surface area contributed by atoms with Crippen molar-refractivity contribution in [2.24, 2.45) is 0 Å². The standard InChI is InChI=1S/C18H21N3O2S/c1-4-16-19-13(11-24-16)10-18(23)21-12(2)9-17(22)20(3)14-7-5-6-8-15(14)21/h5-8,11-12H,4,9-10H2,1-3H3. The third-order valence-electron chi connectivity index (χ3n) is 4.29. The molecule has 0 saturated heterocycles. The van der Waals surface area contributed by atoms with E-state index in [0.29, 0.717) is 6.42 Å². The van der Waals surface area contributed by atoms with Gasteiger partial charge >= 0.3 is 0 Å². The number of para-hydroxylation sites is 2. The van der Waals surface area contributed by atoms with Gasteiger partial charge in [-0.1, -0.05) is 19.1 Å². The number of anilines is 2. The van der Waals surface area contributed by atoms with Crippen LogP contribution in [0.1, 0.15) is 31.0 Å². The van der Waals surface area contributed by atoms with E-state index in [-0.39, 0.29) is 24.3 Å². The van der Waals surface area contributed by atoms with Gasteiger partial charge in [0.15, 0.2) is 0 Å². The fraction of sp³-hybridized carbons (Fsp3) is 0.389. The maximum atomic E-state index is 13.0. The summed E-state index contributed by atoms with van der Waals surface area (Å²) in [7, 11) is 1.76. The predicted molar refractivity (Wildman–Crippen MR) is 96.6 cm³/mol. The summed E-state index contributed by atoms with van der Waals surface area (Å²) >= 11 is 1.59. The Bertz CT molecular complexity index is 771. The molecule has 2 amide bonds. The monoisotopic (exact) mass is 343 g/mol. The fourth-order valence-corrected chi connectivity index (χ4v) is 3.76. The van der Waals surface area contributed by atoms with Gasteiger partial charge in [-0.15, -0.1) is 11.3 Å². The summed E-state index contributed by atoms with van der Waals surface area (Å²) < 4.78 is 0. The lowest BCUT2D eigenvalue weighted by Crippen LogP contribution is -2.40. The van der Waals surface area contributed by atoms with Gasteiger partial charge in [0.05, 0.1) is 28.5 Å². The molecule has 1 aromatic carbocycles. The van der Waals surface area contributed by atoms with Crippen LogP contribution in [0.2, 0.25) is 0 Å². The predicted octanol–water partition coefficient (Wildman–Crippen LogP) is 3.04. The zero-order valence-corrected chi connectivity index (χ0v) is 15.0. The smallest absolute Gasteiger partial charge is 0.233 e. The molecule has 3 rings (SSSR count). The number of aryl methyl sites for hydroxylation is 1. The second kappa shape index (κ2) is 6.73. The zero-order valence-electron chi connectivity index (χ0n) is 14.2. The Hall–Kier alpha value is -2.21. The molecule has 5 nitrogen and oxygen atoms in total. The summed E-state index contributed by atoms with van der Waals surface area (Å²) in [6.07, 6.45) is 1.45. The van der Waals surface area contributed by atoms with Gasteiger partial charge in [-0.05, 0) is 25.5 Å². The van der Waals surface area contributed by atoms with Crippen molar-refractivity contribution in [1.82, 2.24) is 4.98 Å². The summed E-state index contributed by atoms with van der Waals surface area (Å²) in [6.45, 7) is 3.98. The van der Waals surface area contributed by atoms with Crippen molar-refractivity contribution in [2.45, 2.75) is 39.2 Å². The van der Waals surface area contributed by atoms with Crippen molar-refractivity contribution >= 4 is 34.5 Å². The average molecular weight is 343 g/mol. The molecule has 2 aromatic rings. The number of aromatic nitrogens is 1. The fourth-order valence-electron chi connectivity index (χ4n) is 3.02. The van der Waals surface area contributed by atoms with Crippen LogP contribution in [0.5, 0.6) is 0 Å². The van der Waals surface area contributed by atoms with Crippen LogP contribution in [0.15, 0.2) is 29.6 Å². The first-order valence-electron chi connectivity index (χ1n) is 8.12. The molecule has 0 bridgehead atoms. The van der Waals surface area contributed by atoms with E-state index in [1.807, 2.05) is 36.6 Å². The Kier molecular flexibility index (Phi) is 4.66. The van der Waals surface area contributed by atoms with Crippen molar-refractivity contribution in [3.8, 4) is 0 Å². The first kappa shape index (κ1) is 16.6. The highest BCUT2D eigenvalue weighted by Crippen LogP contribution is 2.34. The number of hydrogen-bond acceptors (Lipinski definition) is 4. The number of nitrogens with zero attached hydrogens (tertiary/aromatic N) is 3. The van der Waals surface area contributed by atoms with Crippen LogP contribution in [0.25, 0.3) is 0 Å². The third-order valence-corrected chi connectivity index (χ3v) is 5.33. The molecule has 24 heavy (non-hydrogen) atoms. The summed E-state index contributed by atoms with van der Waals surface area (Å²) in [6, 6.07) is 7.38. The SMILES string of the molecule is CCc1nc(CC(=O)N2c3ccccc3N(C)C(=O)CC2C)cs1. The Labute approximate surface area is 145 Å². The van der Waals surface area contributed by atoms with E-state index in [0.717, 1.165) is 28.5 Å². The highest BCUT2D eigenvalue weighted by Gasteiger charge is 2.32. The molecule has 0 aliphatic carbocycles. The largest absolute Gasteiger partial charge is 0.313 e. The number of rotatable bonds is 3. The van der Waals surface area contributed by atoms with Crippen molar-refractivity contribution in [3.05, 3.63) is 40.3 Å². The second-order valence-corrected chi connectivity index (χ2v) is 6.96. The third kappa shape index (κ3) is 3.06. The Balaban J connectivity index is 1.94. The van der Waals surface area contributed by atoms with E-state index in [4.69, 9.17) is 0 Å². The van der Waals surface area contributed by atoms with Crippen LogP contribution in [0.3, 0.4) is 0 Å². The number of fused-ring (bicyclic) bond motifs is 1. The summed E-state index contributed by atoms with van der Waals surface area (Å²) in [4.78, 5) is 33.2. The molecule has 0 fully saturated rings. The normalized spacial score (nSPS) is 17.6. The molecule has 1 aromatic heterocycles. The van der Waals surface area contributed by atoms with E-state index in [1.165, 1.54) is 0 Å². The van der Waals surface area contributed by atoms with E-state index in [1.54, 1.807) is 28.2 Å². The molecule has 0 saturated carbocycles. The number of benzene rings is 1. The second-order valence-electron chi connectivity index (χ2n) is 6.02. The molecule has 0 radical (unpaired) electrons. The topological polar surface area (TPSA) is 53.5 Å². The summed E-state index contributed by atoms with van der Waals surface area (Å²) in [5.74, 6) is -0.00168. The van der Waals surface area contributed by atoms with E-state index in [9.17, 15) is 9.59 Å². The molecule has 0 spiro atoms. The Morgan fingerprint density at radius 2 is 2.04 bits per heavy atom. The lowest BCUT2D eigenvalue weighted by Gasteiger charge is -2.28. The van der Waals surface area contributed by atoms with Gasteiger partial charge in [-0.3, -0.25) is 9.59 Å². The minimum absolute atomic E-state index is 0.0205. The van der Waals surface area contributed by atoms with Crippen LogP contribution >= 0.6 is 11.3 Å². The molecule has 1 atom stereocenters. The van der Waals surface area contributed by atoms with Crippen LogP contribution < -0.4 is 9.80 Å². The van der Waals surface area contributed by atoms with Gasteiger partial charge in [0.25, 0.3) is 0 Å². The lowest BCUT2D eigenvalue weighted by atomic mass is 10.1. The molecule has 1 unspecified atom stereocenters. The van der Waals surface area contributed by atoms with Crippen LogP contribution in [0, 0.1) is 0 Å². The van der Waals surface area contributed by atoms with Gasteiger partial charge in [0.2, 0.25) is 11.8 Å². The molecule has 1 aliphatic heterocycles. The minimum Gasteiger partial charge on any atom is -0.313 e. The van der Waals surface area contributed by atoms with E-state index in [2.05, 4.69) is 11.9 Å². The van der Waals surface area contributed by atoms with Crippen molar-refractivity contribution < 1.29 is 9.59 Å². The van der Waals surface area contributed by atoms with Crippen molar-refractivity contribution in [2.75, 3.05) is 16.8 Å². The molecule has 126 valence electrons. The number of carbonyl (C=O) groups is 2. The van der Waals surface area contributed by atoms with Crippen LogP contribution in [-0.2, 0) is 22.4 Å². The Morgan fingerprint density at radius 1 is 1.33 bits per heavy atom. The maximum absolute atomic E-state index is 13.0. The Morgan fingerprint density at radius 3 is 2.71 bits per heavy atom. The quantitative estimate of drug-likeness (QED) is 0.861. The zero-order chi connectivity index (χ0) is 17.3. The lowest BCUT2D eigenvalue weighted by molar-refractivity contribution is -0.119. The average Bonchev–Trinajstić information content (AvgIpc) is 2.98. The molecular weight excluding hydrogens is 322 g/mol. The van der Waals surface area contributed by atoms with E-state index >= 15 is 0 Å².